The molecule has 3 rings (SSSR count). The van der Waals surface area contributed by atoms with E-state index in [2.05, 4.69) is 15.5 Å². The Morgan fingerprint density at radius 2 is 2.04 bits per heavy atom. The number of rotatable bonds is 4. The summed E-state index contributed by atoms with van der Waals surface area (Å²) in [5.74, 6) is 0.223. The zero-order valence-electron chi connectivity index (χ0n) is 12.5. The summed E-state index contributed by atoms with van der Waals surface area (Å²) in [5.41, 5.74) is 12.9. The van der Waals surface area contributed by atoms with Gasteiger partial charge in [0, 0.05) is 16.6 Å². The molecular formula is C17H16N4OS. The van der Waals surface area contributed by atoms with Gasteiger partial charge in [-0.1, -0.05) is 24.3 Å². The number of phenolic OH excluding ortho intramolecular Hbond substituents is 1. The van der Waals surface area contributed by atoms with Gasteiger partial charge >= 0.3 is 0 Å². The molecule has 0 aliphatic carbocycles. The second-order valence-electron chi connectivity index (χ2n) is 5.02. The van der Waals surface area contributed by atoms with E-state index in [-0.39, 0.29) is 5.75 Å². The predicted octanol–water partition coefficient (Wildman–Crippen LogP) is 3.93. The summed E-state index contributed by atoms with van der Waals surface area (Å²) in [6.45, 7) is 1.91. The molecule has 0 amide bonds. The molecule has 0 spiro atoms. The van der Waals surface area contributed by atoms with Crippen molar-refractivity contribution < 1.29 is 5.11 Å². The largest absolute Gasteiger partial charge is 0.508 e. The van der Waals surface area contributed by atoms with Crippen molar-refractivity contribution in [2.45, 2.75) is 6.92 Å². The molecule has 4 N–H and O–H groups in total. The molecule has 5 nitrogen and oxygen atoms in total. The van der Waals surface area contributed by atoms with Crippen molar-refractivity contribution in [2.24, 2.45) is 5.10 Å². The van der Waals surface area contributed by atoms with Crippen molar-refractivity contribution in [1.82, 2.24) is 4.98 Å². The van der Waals surface area contributed by atoms with E-state index in [1.54, 1.807) is 18.2 Å². The normalized spacial score (nSPS) is 11.4. The fourth-order valence-electron chi connectivity index (χ4n) is 2.08. The van der Waals surface area contributed by atoms with E-state index in [1.807, 2.05) is 42.6 Å². The molecule has 0 aliphatic rings. The van der Waals surface area contributed by atoms with Crippen LogP contribution in [0.2, 0.25) is 0 Å². The van der Waals surface area contributed by atoms with Gasteiger partial charge < -0.3 is 10.8 Å². The van der Waals surface area contributed by atoms with Crippen LogP contribution in [-0.2, 0) is 0 Å². The van der Waals surface area contributed by atoms with Crippen molar-refractivity contribution in [3.05, 3.63) is 59.5 Å². The van der Waals surface area contributed by atoms with E-state index >= 15 is 0 Å². The monoisotopic (exact) mass is 324 g/mol. The van der Waals surface area contributed by atoms with Gasteiger partial charge in [0.15, 0.2) is 0 Å². The number of anilines is 2. The van der Waals surface area contributed by atoms with Gasteiger partial charge in [0.05, 0.1) is 11.4 Å². The van der Waals surface area contributed by atoms with Crippen LogP contribution in [0.15, 0.2) is 59.0 Å². The summed E-state index contributed by atoms with van der Waals surface area (Å²) in [6, 6.07) is 14.6. The summed E-state index contributed by atoms with van der Waals surface area (Å²) < 4.78 is 0. The summed E-state index contributed by atoms with van der Waals surface area (Å²) >= 11 is 1.45. The number of benzene rings is 2. The zero-order chi connectivity index (χ0) is 16.2. The summed E-state index contributed by atoms with van der Waals surface area (Å²) in [7, 11) is 0. The number of nitrogens with two attached hydrogens (primary N) is 1. The first-order chi connectivity index (χ1) is 11.1. The Morgan fingerprint density at radius 3 is 2.83 bits per heavy atom. The quantitative estimate of drug-likeness (QED) is 0.386. The van der Waals surface area contributed by atoms with Crippen LogP contribution in [0.5, 0.6) is 5.75 Å². The Morgan fingerprint density at radius 1 is 1.22 bits per heavy atom. The SMILES string of the molecule is C/C(=N\Nc1nc(-c2cccc(O)c2)cs1)c1cccc(N)c1. The lowest BCUT2D eigenvalue weighted by atomic mass is 10.1. The second-order valence-corrected chi connectivity index (χ2v) is 5.88. The van der Waals surface area contributed by atoms with Crippen molar-refractivity contribution in [1.29, 1.82) is 0 Å². The highest BCUT2D eigenvalue weighted by molar-refractivity contribution is 7.14. The Kier molecular flexibility index (Phi) is 4.25. The third kappa shape index (κ3) is 3.67. The number of hydrazone groups is 1. The first-order valence-electron chi connectivity index (χ1n) is 7.03. The summed E-state index contributed by atoms with van der Waals surface area (Å²) in [6.07, 6.45) is 0. The van der Waals surface area contributed by atoms with Crippen LogP contribution >= 0.6 is 11.3 Å². The van der Waals surface area contributed by atoms with Crippen molar-refractivity contribution in [2.75, 3.05) is 11.2 Å². The van der Waals surface area contributed by atoms with Gasteiger partial charge in [-0.05, 0) is 36.8 Å². The topological polar surface area (TPSA) is 83.5 Å². The molecule has 1 aromatic heterocycles. The Bertz CT molecular complexity index is 857. The maximum atomic E-state index is 9.53. The lowest BCUT2D eigenvalue weighted by molar-refractivity contribution is 0.475. The number of aromatic hydroxyl groups is 1. The molecule has 0 saturated carbocycles. The van der Waals surface area contributed by atoms with E-state index < -0.39 is 0 Å². The summed E-state index contributed by atoms with van der Waals surface area (Å²) in [4.78, 5) is 4.47. The highest BCUT2D eigenvalue weighted by Crippen LogP contribution is 2.27. The van der Waals surface area contributed by atoms with E-state index in [0.29, 0.717) is 10.8 Å². The van der Waals surface area contributed by atoms with Gasteiger partial charge in [0.2, 0.25) is 5.13 Å². The molecular weight excluding hydrogens is 308 g/mol. The van der Waals surface area contributed by atoms with E-state index in [1.165, 1.54) is 11.3 Å². The molecule has 116 valence electrons. The molecule has 0 bridgehead atoms. The van der Waals surface area contributed by atoms with Gasteiger partial charge in [-0.25, -0.2) is 4.98 Å². The van der Waals surface area contributed by atoms with Gasteiger partial charge in [0.25, 0.3) is 0 Å². The molecule has 6 heteroatoms. The Balaban J connectivity index is 1.75. The lowest BCUT2D eigenvalue weighted by Crippen LogP contribution is -2.00. The third-order valence-electron chi connectivity index (χ3n) is 3.27. The number of aromatic nitrogens is 1. The Labute approximate surface area is 138 Å². The first-order valence-corrected chi connectivity index (χ1v) is 7.91. The summed E-state index contributed by atoms with van der Waals surface area (Å²) in [5, 5.41) is 16.5. The highest BCUT2D eigenvalue weighted by atomic mass is 32.1. The predicted molar refractivity (Wildman–Crippen MR) is 95.9 cm³/mol. The minimum Gasteiger partial charge on any atom is -0.508 e. The van der Waals surface area contributed by atoms with E-state index in [0.717, 1.165) is 22.5 Å². The Hall–Kier alpha value is -2.86. The molecule has 2 aromatic carbocycles. The van der Waals surface area contributed by atoms with Crippen LogP contribution in [0, 0.1) is 0 Å². The third-order valence-corrected chi connectivity index (χ3v) is 4.02. The van der Waals surface area contributed by atoms with Gasteiger partial charge in [-0.3, -0.25) is 5.43 Å². The van der Waals surface area contributed by atoms with Gasteiger partial charge in [-0.15, -0.1) is 11.3 Å². The van der Waals surface area contributed by atoms with Gasteiger partial charge in [0.1, 0.15) is 5.75 Å². The molecule has 0 fully saturated rings. The maximum absolute atomic E-state index is 9.53. The number of hydrogen-bond acceptors (Lipinski definition) is 6. The van der Waals surface area contributed by atoms with Crippen molar-refractivity contribution in [3.63, 3.8) is 0 Å². The molecule has 1 heterocycles. The smallest absolute Gasteiger partial charge is 0.203 e. The van der Waals surface area contributed by atoms with Crippen molar-refractivity contribution in [3.8, 4) is 17.0 Å². The van der Waals surface area contributed by atoms with Crippen LogP contribution in [0.25, 0.3) is 11.3 Å². The first kappa shape index (κ1) is 15.1. The minimum atomic E-state index is 0.223. The number of hydrogen-bond donors (Lipinski definition) is 3. The van der Waals surface area contributed by atoms with Gasteiger partial charge in [-0.2, -0.15) is 5.10 Å². The number of nitrogen functional groups attached to an aromatic ring is 1. The van der Waals surface area contributed by atoms with Crippen LogP contribution < -0.4 is 11.2 Å². The molecule has 0 atom stereocenters. The van der Waals surface area contributed by atoms with E-state index in [9.17, 15) is 5.11 Å². The number of phenols is 1. The molecule has 0 saturated heterocycles. The average Bonchev–Trinajstić information content (AvgIpc) is 3.01. The maximum Gasteiger partial charge on any atom is 0.203 e. The van der Waals surface area contributed by atoms with Crippen LogP contribution in [-0.4, -0.2) is 15.8 Å². The number of nitrogens with zero attached hydrogens (tertiary/aromatic N) is 2. The average molecular weight is 324 g/mol. The zero-order valence-corrected chi connectivity index (χ0v) is 13.3. The molecule has 0 unspecified atom stereocenters. The van der Waals surface area contributed by atoms with Crippen LogP contribution in [0.1, 0.15) is 12.5 Å². The molecule has 23 heavy (non-hydrogen) atoms. The minimum absolute atomic E-state index is 0.223. The number of nitrogens with one attached hydrogen (secondary N) is 1. The van der Waals surface area contributed by atoms with Crippen LogP contribution in [0.4, 0.5) is 10.8 Å². The fourth-order valence-corrected chi connectivity index (χ4v) is 2.74. The lowest BCUT2D eigenvalue weighted by Gasteiger charge is -2.02. The molecule has 0 radical (unpaired) electrons. The molecule has 3 aromatic rings. The molecule has 0 aliphatic heterocycles. The standard InChI is InChI=1S/C17H16N4OS/c1-11(12-4-2-6-14(18)8-12)20-21-17-19-16(10-23-17)13-5-3-7-15(22)9-13/h2-10,22H,18H2,1H3,(H,19,21)/b20-11+. The number of thiazole rings is 1. The fraction of sp³-hybridized carbons (Fsp3) is 0.0588. The van der Waals surface area contributed by atoms with Crippen LogP contribution in [0.3, 0.4) is 0 Å². The van der Waals surface area contributed by atoms with E-state index in [4.69, 9.17) is 5.73 Å². The highest BCUT2D eigenvalue weighted by Gasteiger charge is 2.05. The van der Waals surface area contributed by atoms with Crippen molar-refractivity contribution >= 4 is 27.9 Å². The second kappa shape index (κ2) is 6.50.